The molecule has 1 saturated carbocycles. The van der Waals surface area contributed by atoms with E-state index in [0.717, 1.165) is 30.6 Å². The molecule has 1 heterocycles. The first kappa shape index (κ1) is 16.7. The molecule has 0 saturated heterocycles. The maximum absolute atomic E-state index is 12.9. The number of alkyl halides is 3. The molecule has 2 aliphatic rings. The molecular formula is C14H16Cl2F3NO. The van der Waals surface area contributed by atoms with Gasteiger partial charge in [-0.2, -0.15) is 13.2 Å². The fourth-order valence-electron chi connectivity index (χ4n) is 2.50. The van der Waals surface area contributed by atoms with Gasteiger partial charge in [-0.25, -0.2) is 0 Å². The van der Waals surface area contributed by atoms with Crippen LogP contribution in [0.3, 0.4) is 0 Å². The largest absolute Gasteiger partial charge is 0.491 e. The van der Waals surface area contributed by atoms with Gasteiger partial charge in [0.1, 0.15) is 17.8 Å². The Labute approximate surface area is 132 Å². The van der Waals surface area contributed by atoms with Gasteiger partial charge >= 0.3 is 6.18 Å². The highest BCUT2D eigenvalue weighted by Crippen LogP contribution is 2.57. The van der Waals surface area contributed by atoms with E-state index in [4.69, 9.17) is 16.3 Å². The van der Waals surface area contributed by atoms with E-state index in [2.05, 4.69) is 5.32 Å². The van der Waals surface area contributed by atoms with E-state index < -0.39 is 11.6 Å². The average molecular weight is 342 g/mol. The van der Waals surface area contributed by atoms with Gasteiger partial charge in [0, 0.05) is 6.54 Å². The zero-order chi connectivity index (χ0) is 14.4. The molecule has 1 aromatic carbocycles. The predicted octanol–water partition coefficient (Wildman–Crippen LogP) is 4.13. The molecule has 0 atom stereocenters. The molecule has 1 aromatic rings. The first-order chi connectivity index (χ1) is 9.43. The van der Waals surface area contributed by atoms with Crippen molar-refractivity contribution < 1.29 is 17.9 Å². The number of rotatable bonds is 3. The fourth-order valence-corrected chi connectivity index (χ4v) is 2.83. The molecule has 0 amide bonds. The summed E-state index contributed by atoms with van der Waals surface area (Å²) in [5.74, 6) is 0.364. The quantitative estimate of drug-likeness (QED) is 0.892. The maximum Gasteiger partial charge on any atom is 0.397 e. The van der Waals surface area contributed by atoms with Crippen molar-refractivity contribution in [3.63, 3.8) is 0 Å². The molecule has 1 aliphatic heterocycles. The molecule has 1 aliphatic carbocycles. The van der Waals surface area contributed by atoms with Gasteiger partial charge in [-0.1, -0.05) is 17.7 Å². The van der Waals surface area contributed by atoms with Crippen molar-refractivity contribution in [3.05, 3.63) is 28.3 Å². The third-order valence-corrected chi connectivity index (χ3v) is 4.55. The van der Waals surface area contributed by atoms with Gasteiger partial charge in [-0.05, 0) is 43.0 Å². The Morgan fingerprint density at radius 2 is 2.00 bits per heavy atom. The second-order valence-corrected chi connectivity index (χ2v) is 5.89. The fraction of sp³-hybridized carbons (Fsp3) is 0.571. The second kappa shape index (κ2) is 5.86. The van der Waals surface area contributed by atoms with Gasteiger partial charge in [-0.3, -0.25) is 0 Å². The lowest BCUT2D eigenvalue weighted by Gasteiger charge is -2.23. The summed E-state index contributed by atoms with van der Waals surface area (Å²) in [6.45, 7) is 1.22. The van der Waals surface area contributed by atoms with E-state index in [-0.39, 0.29) is 31.9 Å². The van der Waals surface area contributed by atoms with E-state index in [0.29, 0.717) is 10.8 Å². The Morgan fingerprint density at radius 3 is 2.62 bits per heavy atom. The monoisotopic (exact) mass is 341 g/mol. The van der Waals surface area contributed by atoms with E-state index in [1.807, 2.05) is 6.07 Å². The standard InChI is InChI=1S/C14H15ClF3NO.ClH/c15-12-10-3-6-19-7-9(10)1-2-11(12)20-8-13(4-5-13)14(16,17)18;/h1-2,19H,3-8H2;1H. The average Bonchev–Trinajstić information content (AvgIpc) is 3.19. The minimum Gasteiger partial charge on any atom is -0.491 e. The van der Waals surface area contributed by atoms with E-state index in [1.165, 1.54) is 0 Å². The van der Waals surface area contributed by atoms with Gasteiger partial charge < -0.3 is 10.1 Å². The van der Waals surface area contributed by atoms with Crippen LogP contribution in [0, 0.1) is 5.41 Å². The Morgan fingerprint density at radius 1 is 1.29 bits per heavy atom. The highest BCUT2D eigenvalue weighted by atomic mass is 35.5. The Bertz CT molecular complexity index is 530. The smallest absolute Gasteiger partial charge is 0.397 e. The Balaban J connectivity index is 0.00000161. The third kappa shape index (κ3) is 3.10. The van der Waals surface area contributed by atoms with Crippen molar-refractivity contribution in [1.82, 2.24) is 5.32 Å². The van der Waals surface area contributed by atoms with Crippen LogP contribution in [0.5, 0.6) is 5.75 Å². The number of fused-ring (bicyclic) bond motifs is 1. The van der Waals surface area contributed by atoms with Crippen LogP contribution in [0.4, 0.5) is 13.2 Å². The number of hydrogen-bond donors (Lipinski definition) is 1. The number of halogens is 5. The van der Waals surface area contributed by atoms with Crippen molar-refractivity contribution in [2.45, 2.75) is 32.0 Å². The molecule has 1 N–H and O–H groups in total. The molecule has 118 valence electrons. The first-order valence-electron chi connectivity index (χ1n) is 6.63. The lowest BCUT2D eigenvalue weighted by molar-refractivity contribution is -0.194. The summed E-state index contributed by atoms with van der Waals surface area (Å²) in [7, 11) is 0. The summed E-state index contributed by atoms with van der Waals surface area (Å²) in [5, 5.41) is 3.69. The summed E-state index contributed by atoms with van der Waals surface area (Å²) >= 11 is 6.26. The molecule has 7 heteroatoms. The van der Waals surface area contributed by atoms with Crippen LogP contribution in [0.2, 0.25) is 5.02 Å². The summed E-state index contributed by atoms with van der Waals surface area (Å²) in [5.41, 5.74) is 0.415. The van der Waals surface area contributed by atoms with Crippen LogP contribution in [0.25, 0.3) is 0 Å². The molecule has 0 bridgehead atoms. The number of hydrogen-bond acceptors (Lipinski definition) is 2. The zero-order valence-corrected chi connectivity index (χ0v) is 12.8. The summed E-state index contributed by atoms with van der Waals surface area (Å²) in [6, 6.07) is 3.54. The highest BCUT2D eigenvalue weighted by Gasteiger charge is 2.63. The van der Waals surface area contributed by atoms with E-state index in [9.17, 15) is 13.2 Å². The zero-order valence-electron chi connectivity index (χ0n) is 11.2. The molecule has 0 spiro atoms. The topological polar surface area (TPSA) is 21.3 Å². The summed E-state index contributed by atoms with van der Waals surface area (Å²) < 4.78 is 43.9. The summed E-state index contributed by atoms with van der Waals surface area (Å²) in [6.07, 6.45) is -3.14. The SMILES string of the molecule is Cl.FC(F)(F)C1(COc2ccc3c(c2Cl)CCNC3)CC1. The lowest BCUT2D eigenvalue weighted by Crippen LogP contribution is -2.30. The molecule has 3 rings (SSSR count). The second-order valence-electron chi connectivity index (χ2n) is 5.51. The predicted molar refractivity (Wildman–Crippen MR) is 77.3 cm³/mol. The third-order valence-electron chi connectivity index (χ3n) is 4.13. The first-order valence-corrected chi connectivity index (χ1v) is 7.01. The number of nitrogens with one attached hydrogen (secondary N) is 1. The minimum atomic E-state index is -4.20. The molecule has 0 aromatic heterocycles. The van der Waals surface area contributed by atoms with Crippen LogP contribution in [-0.2, 0) is 13.0 Å². The van der Waals surface area contributed by atoms with Crippen LogP contribution >= 0.6 is 24.0 Å². The van der Waals surface area contributed by atoms with Gasteiger partial charge in [0.05, 0.1) is 5.02 Å². The van der Waals surface area contributed by atoms with E-state index in [1.54, 1.807) is 6.07 Å². The van der Waals surface area contributed by atoms with Crippen molar-refractivity contribution >= 4 is 24.0 Å². The van der Waals surface area contributed by atoms with Gasteiger partial charge in [0.2, 0.25) is 0 Å². The Hall–Kier alpha value is -0.650. The van der Waals surface area contributed by atoms with Crippen LogP contribution in [0.1, 0.15) is 24.0 Å². The summed E-state index contributed by atoms with van der Waals surface area (Å²) in [4.78, 5) is 0. The van der Waals surface area contributed by atoms with Gasteiger partial charge in [0.25, 0.3) is 0 Å². The highest BCUT2D eigenvalue weighted by molar-refractivity contribution is 6.33. The van der Waals surface area contributed by atoms with Crippen LogP contribution in [-0.4, -0.2) is 19.3 Å². The lowest BCUT2D eigenvalue weighted by atomic mass is 10.0. The normalized spacial score (nSPS) is 19.4. The molecule has 0 radical (unpaired) electrons. The maximum atomic E-state index is 12.9. The molecule has 0 unspecified atom stereocenters. The Kier molecular flexibility index (Phi) is 4.66. The van der Waals surface area contributed by atoms with Crippen molar-refractivity contribution in [1.29, 1.82) is 0 Å². The van der Waals surface area contributed by atoms with Crippen molar-refractivity contribution in [2.75, 3.05) is 13.2 Å². The molecule has 1 fully saturated rings. The number of benzene rings is 1. The van der Waals surface area contributed by atoms with E-state index >= 15 is 0 Å². The van der Waals surface area contributed by atoms with Crippen molar-refractivity contribution in [3.8, 4) is 5.75 Å². The molecule has 2 nitrogen and oxygen atoms in total. The van der Waals surface area contributed by atoms with Crippen LogP contribution < -0.4 is 10.1 Å². The van der Waals surface area contributed by atoms with Gasteiger partial charge in [0.15, 0.2) is 0 Å². The van der Waals surface area contributed by atoms with Gasteiger partial charge in [-0.15, -0.1) is 12.4 Å². The minimum absolute atomic E-state index is 0. The number of ether oxygens (including phenoxy) is 1. The van der Waals surface area contributed by atoms with Crippen LogP contribution in [0.15, 0.2) is 12.1 Å². The molecular weight excluding hydrogens is 326 g/mol. The molecule has 21 heavy (non-hydrogen) atoms. The van der Waals surface area contributed by atoms with Crippen molar-refractivity contribution in [2.24, 2.45) is 5.41 Å².